The third kappa shape index (κ3) is 5.51. The Morgan fingerprint density at radius 1 is 1.05 bits per heavy atom. The summed E-state index contributed by atoms with van der Waals surface area (Å²) >= 11 is 6.65. The molecule has 0 saturated heterocycles. The van der Waals surface area contributed by atoms with Crippen LogP contribution in [0.5, 0.6) is 5.75 Å². The van der Waals surface area contributed by atoms with Crippen molar-refractivity contribution in [1.82, 2.24) is 15.3 Å². The number of benzene rings is 4. The van der Waals surface area contributed by atoms with Crippen LogP contribution in [0.15, 0.2) is 78.9 Å². The zero-order chi connectivity index (χ0) is 29.1. The van der Waals surface area contributed by atoms with Crippen LogP contribution in [0, 0.1) is 5.82 Å². The van der Waals surface area contributed by atoms with Crippen molar-refractivity contribution in [3.8, 4) is 28.3 Å². The van der Waals surface area contributed by atoms with Crippen molar-refractivity contribution in [1.29, 1.82) is 0 Å². The van der Waals surface area contributed by atoms with E-state index in [4.69, 9.17) is 16.3 Å². The number of rotatable bonds is 9. The summed E-state index contributed by atoms with van der Waals surface area (Å²) in [5.41, 5.74) is 3.24. The Bertz CT molecular complexity index is 1730. The van der Waals surface area contributed by atoms with Gasteiger partial charge in [-0.1, -0.05) is 61.3 Å². The highest BCUT2D eigenvalue weighted by Gasteiger charge is 2.25. The lowest BCUT2D eigenvalue weighted by Crippen LogP contribution is -2.29. The van der Waals surface area contributed by atoms with Crippen LogP contribution in [0.2, 0.25) is 5.02 Å². The second-order valence-corrected chi connectivity index (χ2v) is 9.91. The molecule has 4 aromatic carbocycles. The number of carboxylic acid groups (broad SMARTS) is 1. The number of methoxy groups -OCH3 is 1. The number of aromatic carboxylic acids is 1. The lowest BCUT2D eigenvalue weighted by atomic mass is 9.93. The maximum atomic E-state index is 14.8. The Hall–Kier alpha value is -4.69. The molecule has 9 heteroatoms. The minimum Gasteiger partial charge on any atom is -0.496 e. The summed E-state index contributed by atoms with van der Waals surface area (Å²) in [6, 6.07) is 21.0. The Morgan fingerprint density at radius 3 is 2.56 bits per heavy atom. The Morgan fingerprint density at radius 2 is 1.83 bits per heavy atom. The van der Waals surface area contributed by atoms with Gasteiger partial charge >= 0.3 is 5.97 Å². The van der Waals surface area contributed by atoms with Crippen molar-refractivity contribution in [3.05, 3.63) is 106 Å². The first-order chi connectivity index (χ1) is 19.8. The molecule has 208 valence electrons. The maximum absolute atomic E-state index is 14.8. The van der Waals surface area contributed by atoms with E-state index in [9.17, 15) is 19.1 Å². The van der Waals surface area contributed by atoms with Gasteiger partial charge in [0.2, 0.25) is 0 Å². The van der Waals surface area contributed by atoms with Crippen molar-refractivity contribution in [2.45, 2.75) is 25.8 Å². The molecule has 1 atom stereocenters. The Balaban J connectivity index is 1.55. The second kappa shape index (κ2) is 11.8. The van der Waals surface area contributed by atoms with E-state index in [0.717, 1.165) is 11.0 Å². The number of carbonyl (C=O) groups excluding carboxylic acids is 1. The van der Waals surface area contributed by atoms with Crippen LogP contribution < -0.4 is 10.1 Å². The number of para-hydroxylation sites is 2. The van der Waals surface area contributed by atoms with E-state index >= 15 is 0 Å². The summed E-state index contributed by atoms with van der Waals surface area (Å²) in [5, 5.41) is 13.4. The molecule has 0 spiro atoms. The topological polar surface area (TPSA) is 104 Å². The molecule has 1 aromatic heterocycles. The molecule has 5 rings (SSSR count). The van der Waals surface area contributed by atoms with Gasteiger partial charge in [0.05, 0.1) is 35.3 Å². The van der Waals surface area contributed by atoms with Gasteiger partial charge < -0.3 is 20.1 Å². The van der Waals surface area contributed by atoms with E-state index in [1.807, 2.05) is 37.3 Å². The lowest BCUT2D eigenvalue weighted by Gasteiger charge is -2.22. The molecule has 5 aromatic rings. The average Bonchev–Trinajstić information content (AvgIpc) is 3.40. The number of nitrogens with zero attached hydrogens (tertiary/aromatic N) is 1. The lowest BCUT2D eigenvalue weighted by molar-refractivity contribution is 0.0697. The zero-order valence-corrected chi connectivity index (χ0v) is 23.1. The fraction of sp³-hybridized carbons (Fsp3) is 0.156. The van der Waals surface area contributed by atoms with Gasteiger partial charge in [0.1, 0.15) is 17.4 Å². The first-order valence-corrected chi connectivity index (χ1v) is 13.4. The minimum absolute atomic E-state index is 0.111. The normalized spacial score (nSPS) is 11.8. The Kier molecular flexibility index (Phi) is 8.03. The fourth-order valence-corrected chi connectivity index (χ4v) is 5.28. The van der Waals surface area contributed by atoms with Crippen molar-refractivity contribution in [3.63, 3.8) is 0 Å². The van der Waals surface area contributed by atoms with E-state index in [-0.39, 0.29) is 16.7 Å². The van der Waals surface area contributed by atoms with Crippen molar-refractivity contribution in [2.75, 3.05) is 7.11 Å². The molecule has 0 aliphatic carbocycles. The van der Waals surface area contributed by atoms with Crippen molar-refractivity contribution in [2.24, 2.45) is 0 Å². The molecule has 0 radical (unpaired) electrons. The largest absolute Gasteiger partial charge is 0.496 e. The van der Waals surface area contributed by atoms with Crippen LogP contribution in [0.1, 0.15) is 52.1 Å². The summed E-state index contributed by atoms with van der Waals surface area (Å²) in [4.78, 5) is 33.8. The summed E-state index contributed by atoms with van der Waals surface area (Å²) in [6.07, 6.45) is 1.12. The third-order valence-corrected chi connectivity index (χ3v) is 7.22. The van der Waals surface area contributed by atoms with Crippen LogP contribution in [-0.2, 0) is 0 Å². The number of hydrogen-bond acceptors (Lipinski definition) is 4. The molecule has 1 heterocycles. The molecule has 0 saturated carbocycles. The number of hydrogen-bond donors (Lipinski definition) is 3. The van der Waals surface area contributed by atoms with Crippen LogP contribution in [0.25, 0.3) is 33.5 Å². The van der Waals surface area contributed by atoms with Crippen LogP contribution in [0.3, 0.4) is 0 Å². The number of carboxylic acids is 1. The van der Waals surface area contributed by atoms with E-state index in [1.54, 1.807) is 24.3 Å². The first-order valence-electron chi connectivity index (χ1n) is 13.1. The zero-order valence-electron chi connectivity index (χ0n) is 22.4. The van der Waals surface area contributed by atoms with Gasteiger partial charge in [-0.15, -0.1) is 0 Å². The number of H-pyrrole nitrogens is 1. The van der Waals surface area contributed by atoms with Gasteiger partial charge in [-0.3, -0.25) is 4.79 Å². The van der Waals surface area contributed by atoms with E-state index in [1.165, 1.54) is 31.4 Å². The summed E-state index contributed by atoms with van der Waals surface area (Å²) in [6.45, 7) is 1.92. The van der Waals surface area contributed by atoms with Crippen molar-refractivity contribution >= 4 is 34.5 Å². The summed E-state index contributed by atoms with van der Waals surface area (Å²) in [7, 11) is 1.44. The van der Waals surface area contributed by atoms with Gasteiger partial charge in [-0.05, 0) is 54.4 Å². The standard InChI is InChI=1S/C32H27ClFN3O4/c1-3-8-26(29-23(34)11-7-14-27(29)41-2)37-31(38)18-15-16-19(21(17-18)32(39)40)28-20(9-6-10-22(28)33)30-35-24-12-4-5-13-25(24)36-30/h4-7,9-17,26H,3,8H2,1-2H3,(H,35,36)(H,37,38)(H,39,40)/t26-/m0/s1. The highest BCUT2D eigenvalue weighted by atomic mass is 35.5. The molecule has 41 heavy (non-hydrogen) atoms. The van der Waals surface area contributed by atoms with E-state index < -0.39 is 23.7 Å². The highest BCUT2D eigenvalue weighted by Crippen LogP contribution is 2.39. The number of amides is 1. The fourth-order valence-electron chi connectivity index (χ4n) is 5.01. The van der Waals surface area contributed by atoms with Gasteiger partial charge in [0.15, 0.2) is 0 Å². The molecule has 0 aliphatic rings. The van der Waals surface area contributed by atoms with Gasteiger partial charge in [-0.25, -0.2) is 14.2 Å². The smallest absolute Gasteiger partial charge is 0.336 e. The molecule has 0 fully saturated rings. The quantitative estimate of drug-likeness (QED) is 0.168. The van der Waals surface area contributed by atoms with Gasteiger partial charge in [-0.2, -0.15) is 0 Å². The molecule has 0 bridgehead atoms. The van der Waals surface area contributed by atoms with Crippen LogP contribution in [0.4, 0.5) is 4.39 Å². The number of aromatic nitrogens is 2. The van der Waals surface area contributed by atoms with Crippen LogP contribution >= 0.6 is 11.6 Å². The van der Waals surface area contributed by atoms with E-state index in [2.05, 4.69) is 15.3 Å². The molecular weight excluding hydrogens is 545 g/mol. The first kappa shape index (κ1) is 27.9. The average molecular weight is 572 g/mol. The molecule has 3 N–H and O–H groups in total. The molecule has 0 unspecified atom stereocenters. The predicted molar refractivity (Wildman–Crippen MR) is 157 cm³/mol. The predicted octanol–water partition coefficient (Wildman–Crippen LogP) is 7.67. The number of imidazole rings is 1. The van der Waals surface area contributed by atoms with E-state index in [0.29, 0.717) is 46.1 Å². The molecule has 7 nitrogen and oxygen atoms in total. The highest BCUT2D eigenvalue weighted by molar-refractivity contribution is 6.34. The second-order valence-electron chi connectivity index (χ2n) is 9.50. The van der Waals surface area contributed by atoms with Gasteiger partial charge in [0, 0.05) is 21.7 Å². The minimum atomic E-state index is -1.23. The monoisotopic (exact) mass is 571 g/mol. The summed E-state index contributed by atoms with van der Waals surface area (Å²) in [5.74, 6) is -1.42. The van der Waals surface area contributed by atoms with Crippen molar-refractivity contribution < 1.29 is 23.8 Å². The summed E-state index contributed by atoms with van der Waals surface area (Å²) < 4.78 is 20.2. The Labute approximate surface area is 241 Å². The molecule has 1 amide bonds. The molecule has 0 aliphatic heterocycles. The molecular formula is C32H27ClFN3O4. The number of nitrogens with one attached hydrogen (secondary N) is 2. The third-order valence-electron chi connectivity index (χ3n) is 6.90. The number of aromatic amines is 1. The number of carbonyl (C=O) groups is 2. The number of fused-ring (bicyclic) bond motifs is 1. The number of halogens is 2. The van der Waals surface area contributed by atoms with Crippen LogP contribution in [-0.4, -0.2) is 34.1 Å². The SMILES string of the molecule is CCC[C@H](NC(=O)c1ccc(-c2c(Cl)cccc2-c2nc3ccccc3[nH]2)c(C(=O)O)c1)c1c(F)cccc1OC. The number of ether oxygens (including phenoxy) is 1. The maximum Gasteiger partial charge on any atom is 0.336 e. The van der Waals surface area contributed by atoms with Gasteiger partial charge in [0.25, 0.3) is 5.91 Å².